The Morgan fingerprint density at radius 3 is 2.14 bits per heavy atom. The normalized spacial score (nSPS) is 14.8. The molecule has 0 saturated carbocycles. The van der Waals surface area contributed by atoms with Crippen molar-refractivity contribution in [3.8, 4) is 0 Å². The minimum absolute atomic E-state index is 0.143. The third-order valence-electron chi connectivity index (χ3n) is 3.31. The number of likely N-dealkylation sites (N-methyl/N-ethyl adjacent to an activating group) is 1. The fourth-order valence-electron chi connectivity index (χ4n) is 2.10. The Bertz CT molecular complexity index is 380. The lowest BCUT2D eigenvalue weighted by Gasteiger charge is -2.34. The number of hydrogen-bond donors (Lipinski definition) is 1. The van der Waals surface area contributed by atoms with Gasteiger partial charge in [0.25, 0.3) is 0 Å². The smallest absolute Gasteiger partial charge is 0.409 e. The van der Waals surface area contributed by atoms with E-state index in [1.165, 1.54) is 14.7 Å². The van der Waals surface area contributed by atoms with Gasteiger partial charge in [0.1, 0.15) is 0 Å². The summed E-state index contributed by atoms with van der Waals surface area (Å²) in [7, 11) is 0. The van der Waals surface area contributed by atoms with E-state index in [1.807, 2.05) is 0 Å². The largest absolute Gasteiger partial charge is 0.450 e. The van der Waals surface area contributed by atoms with E-state index < -0.39 is 17.9 Å². The van der Waals surface area contributed by atoms with Gasteiger partial charge in [0.15, 0.2) is 0 Å². The lowest BCUT2D eigenvalue weighted by atomic mass is 10.3. The van der Waals surface area contributed by atoms with E-state index >= 15 is 0 Å². The zero-order valence-electron chi connectivity index (χ0n) is 12.6. The van der Waals surface area contributed by atoms with Gasteiger partial charge in [0, 0.05) is 39.3 Å². The maximum absolute atomic E-state index is 12.1. The molecule has 1 aliphatic rings. The van der Waals surface area contributed by atoms with Crippen LogP contribution >= 0.6 is 0 Å². The first-order chi connectivity index (χ1) is 10.0. The lowest BCUT2D eigenvalue weighted by molar-refractivity contribution is -0.152. The van der Waals surface area contributed by atoms with Crippen LogP contribution in [-0.4, -0.2) is 90.2 Å². The number of carbonyl (C=O) groups is 3. The van der Waals surface area contributed by atoms with Gasteiger partial charge in [0.2, 0.25) is 0 Å². The Kier molecular flexibility index (Phi) is 6.93. The van der Waals surface area contributed by atoms with E-state index in [0.29, 0.717) is 39.3 Å². The fourth-order valence-corrected chi connectivity index (χ4v) is 2.10. The monoisotopic (exact) mass is 301 g/mol. The zero-order valence-corrected chi connectivity index (χ0v) is 12.6. The van der Waals surface area contributed by atoms with Crippen molar-refractivity contribution in [1.82, 2.24) is 14.7 Å². The molecule has 1 fully saturated rings. The van der Waals surface area contributed by atoms with Crippen LogP contribution in [0.15, 0.2) is 0 Å². The number of aliphatic hydroxyl groups excluding tert-OH is 1. The van der Waals surface area contributed by atoms with E-state index in [2.05, 4.69) is 0 Å². The maximum atomic E-state index is 12.1. The molecule has 0 aromatic heterocycles. The highest BCUT2D eigenvalue weighted by atomic mass is 16.6. The molecule has 8 nitrogen and oxygen atoms in total. The fraction of sp³-hybridized carbons (Fsp3) is 0.769. The van der Waals surface area contributed by atoms with Crippen LogP contribution in [0.25, 0.3) is 0 Å². The number of aliphatic hydroxyl groups is 1. The van der Waals surface area contributed by atoms with Crippen molar-refractivity contribution in [2.24, 2.45) is 0 Å². The number of piperazine rings is 1. The van der Waals surface area contributed by atoms with Gasteiger partial charge in [-0.05, 0) is 13.8 Å². The third-order valence-corrected chi connectivity index (χ3v) is 3.31. The van der Waals surface area contributed by atoms with Crippen molar-refractivity contribution in [3.05, 3.63) is 0 Å². The summed E-state index contributed by atoms with van der Waals surface area (Å²) in [5, 5.41) is 8.88. The summed E-state index contributed by atoms with van der Waals surface area (Å²) in [5.41, 5.74) is 0. The topological polar surface area (TPSA) is 90.4 Å². The summed E-state index contributed by atoms with van der Waals surface area (Å²) >= 11 is 0. The van der Waals surface area contributed by atoms with Crippen molar-refractivity contribution >= 4 is 17.9 Å². The predicted octanol–water partition coefficient (Wildman–Crippen LogP) is -0.872. The second kappa shape index (κ2) is 8.46. The van der Waals surface area contributed by atoms with E-state index in [0.717, 1.165) is 0 Å². The quantitative estimate of drug-likeness (QED) is 0.682. The number of amides is 3. The Morgan fingerprint density at radius 1 is 1.10 bits per heavy atom. The molecule has 0 aliphatic carbocycles. The zero-order chi connectivity index (χ0) is 15.8. The molecular formula is C13H23N3O5. The van der Waals surface area contributed by atoms with Crippen LogP contribution in [-0.2, 0) is 14.3 Å². The van der Waals surface area contributed by atoms with Crippen LogP contribution in [0.4, 0.5) is 4.79 Å². The number of ether oxygens (including phenoxy) is 1. The molecule has 0 atom stereocenters. The maximum Gasteiger partial charge on any atom is 0.409 e. The van der Waals surface area contributed by atoms with Crippen molar-refractivity contribution in [3.63, 3.8) is 0 Å². The average molecular weight is 301 g/mol. The molecule has 1 saturated heterocycles. The Labute approximate surface area is 124 Å². The van der Waals surface area contributed by atoms with E-state index in [4.69, 9.17) is 9.84 Å². The predicted molar refractivity (Wildman–Crippen MR) is 74.5 cm³/mol. The van der Waals surface area contributed by atoms with Crippen LogP contribution < -0.4 is 0 Å². The number of nitrogens with zero attached hydrogens (tertiary/aromatic N) is 3. The highest BCUT2D eigenvalue weighted by Gasteiger charge is 2.30. The molecule has 0 radical (unpaired) electrons. The van der Waals surface area contributed by atoms with Gasteiger partial charge < -0.3 is 24.5 Å². The Balaban J connectivity index is 2.51. The van der Waals surface area contributed by atoms with Gasteiger partial charge in [0.05, 0.1) is 13.2 Å². The van der Waals surface area contributed by atoms with Gasteiger partial charge in [-0.25, -0.2) is 4.79 Å². The van der Waals surface area contributed by atoms with Gasteiger partial charge in [-0.2, -0.15) is 0 Å². The van der Waals surface area contributed by atoms with Gasteiger partial charge in [-0.3, -0.25) is 9.59 Å². The highest BCUT2D eigenvalue weighted by Crippen LogP contribution is 2.06. The molecule has 3 amide bonds. The van der Waals surface area contributed by atoms with Crippen LogP contribution in [0.5, 0.6) is 0 Å². The van der Waals surface area contributed by atoms with E-state index in [9.17, 15) is 14.4 Å². The second-order valence-corrected chi connectivity index (χ2v) is 4.59. The summed E-state index contributed by atoms with van der Waals surface area (Å²) in [6, 6.07) is 0. The molecule has 21 heavy (non-hydrogen) atoms. The standard InChI is InChI=1S/C13H23N3O5/c1-3-14(9-10-17)11(18)12(19)15-5-7-16(8-6-15)13(20)21-4-2/h17H,3-10H2,1-2H3. The molecule has 0 unspecified atom stereocenters. The molecule has 1 N–H and O–H groups in total. The number of rotatable bonds is 4. The van der Waals surface area contributed by atoms with Crippen molar-refractivity contribution in [2.45, 2.75) is 13.8 Å². The summed E-state index contributed by atoms with van der Waals surface area (Å²) < 4.78 is 4.89. The molecule has 8 heteroatoms. The second-order valence-electron chi connectivity index (χ2n) is 4.59. The SMILES string of the molecule is CCOC(=O)N1CCN(C(=O)C(=O)N(CC)CCO)CC1. The first kappa shape index (κ1) is 17.2. The molecule has 0 aromatic carbocycles. The van der Waals surface area contributed by atoms with Crippen molar-refractivity contribution in [1.29, 1.82) is 0 Å². The summed E-state index contributed by atoms with van der Waals surface area (Å²) in [4.78, 5) is 39.9. The number of carbonyl (C=O) groups excluding carboxylic acids is 3. The molecule has 1 heterocycles. The summed E-state index contributed by atoms with van der Waals surface area (Å²) in [5.74, 6) is -1.20. The summed E-state index contributed by atoms with van der Waals surface area (Å²) in [6.45, 7) is 5.44. The van der Waals surface area contributed by atoms with Crippen LogP contribution in [0.3, 0.4) is 0 Å². The molecule has 0 spiro atoms. The van der Waals surface area contributed by atoms with Crippen LogP contribution in [0.2, 0.25) is 0 Å². The molecule has 1 aliphatic heterocycles. The first-order valence-corrected chi connectivity index (χ1v) is 7.15. The average Bonchev–Trinajstić information content (AvgIpc) is 2.51. The first-order valence-electron chi connectivity index (χ1n) is 7.15. The molecule has 0 bridgehead atoms. The van der Waals surface area contributed by atoms with Crippen LogP contribution in [0.1, 0.15) is 13.8 Å². The molecular weight excluding hydrogens is 278 g/mol. The van der Waals surface area contributed by atoms with Crippen molar-refractivity contribution < 1.29 is 24.2 Å². The Hall–Kier alpha value is -1.83. The number of hydrogen-bond acceptors (Lipinski definition) is 5. The van der Waals surface area contributed by atoms with E-state index in [1.54, 1.807) is 13.8 Å². The Morgan fingerprint density at radius 2 is 1.67 bits per heavy atom. The van der Waals surface area contributed by atoms with Gasteiger partial charge in [-0.1, -0.05) is 0 Å². The highest BCUT2D eigenvalue weighted by molar-refractivity contribution is 6.34. The minimum Gasteiger partial charge on any atom is -0.450 e. The van der Waals surface area contributed by atoms with Crippen molar-refractivity contribution in [2.75, 3.05) is 52.5 Å². The van der Waals surface area contributed by atoms with Gasteiger partial charge >= 0.3 is 17.9 Å². The lowest BCUT2D eigenvalue weighted by Crippen LogP contribution is -2.54. The third kappa shape index (κ3) is 4.59. The molecule has 0 aromatic rings. The van der Waals surface area contributed by atoms with E-state index in [-0.39, 0.29) is 13.2 Å². The molecule has 120 valence electrons. The summed E-state index contributed by atoms with van der Waals surface area (Å²) in [6.07, 6.45) is -0.397. The minimum atomic E-state index is -0.615. The molecule has 1 rings (SSSR count). The van der Waals surface area contributed by atoms with Gasteiger partial charge in [-0.15, -0.1) is 0 Å². The van der Waals surface area contributed by atoms with Crippen LogP contribution in [0, 0.1) is 0 Å².